The van der Waals surface area contributed by atoms with Gasteiger partial charge in [0.15, 0.2) is 0 Å². The summed E-state index contributed by atoms with van der Waals surface area (Å²) >= 11 is 12.2. The van der Waals surface area contributed by atoms with Crippen LogP contribution in [0, 0.1) is 17.3 Å². The molecule has 0 spiro atoms. The first-order valence-electron chi connectivity index (χ1n) is 5.96. The minimum atomic E-state index is 0.0242. The monoisotopic (exact) mass is 283 g/mol. The van der Waals surface area contributed by atoms with Crippen LogP contribution in [0.15, 0.2) is 18.2 Å². The van der Waals surface area contributed by atoms with Crippen LogP contribution in [0.3, 0.4) is 0 Å². The van der Waals surface area contributed by atoms with Crippen LogP contribution in [0.1, 0.15) is 38.8 Å². The Morgan fingerprint density at radius 2 is 1.94 bits per heavy atom. The maximum absolute atomic E-state index is 6.22. The SMILES string of the molecule is CNC(CC#CC(C)(C)C)c1cccc(Cl)c1Cl. The van der Waals surface area contributed by atoms with E-state index >= 15 is 0 Å². The highest BCUT2D eigenvalue weighted by atomic mass is 35.5. The topological polar surface area (TPSA) is 12.0 Å². The molecule has 0 aliphatic heterocycles. The summed E-state index contributed by atoms with van der Waals surface area (Å²) in [5.41, 5.74) is 1.02. The molecule has 0 aliphatic rings. The fraction of sp³-hybridized carbons (Fsp3) is 0.467. The van der Waals surface area contributed by atoms with E-state index in [-0.39, 0.29) is 11.5 Å². The quantitative estimate of drug-likeness (QED) is 0.794. The van der Waals surface area contributed by atoms with Gasteiger partial charge >= 0.3 is 0 Å². The molecule has 1 unspecified atom stereocenters. The van der Waals surface area contributed by atoms with Crippen LogP contribution in [-0.2, 0) is 0 Å². The van der Waals surface area contributed by atoms with Crippen LogP contribution < -0.4 is 5.32 Å². The molecule has 1 aromatic rings. The van der Waals surface area contributed by atoms with Gasteiger partial charge in [-0.2, -0.15) is 0 Å². The highest BCUT2D eigenvalue weighted by Crippen LogP contribution is 2.31. The molecule has 18 heavy (non-hydrogen) atoms. The van der Waals surface area contributed by atoms with E-state index in [4.69, 9.17) is 23.2 Å². The number of hydrogen-bond acceptors (Lipinski definition) is 1. The Morgan fingerprint density at radius 1 is 1.28 bits per heavy atom. The summed E-state index contributed by atoms with van der Waals surface area (Å²) in [5, 5.41) is 4.42. The molecule has 0 aromatic heterocycles. The van der Waals surface area contributed by atoms with E-state index in [1.165, 1.54) is 0 Å². The molecule has 0 radical (unpaired) electrons. The Kier molecular flexibility index (Phi) is 5.53. The molecule has 3 heteroatoms. The van der Waals surface area contributed by atoms with Crippen molar-refractivity contribution in [3.8, 4) is 11.8 Å². The average Bonchev–Trinajstić information content (AvgIpc) is 2.27. The third-order valence-corrected chi connectivity index (χ3v) is 3.31. The molecule has 0 saturated carbocycles. The van der Waals surface area contributed by atoms with E-state index in [0.717, 1.165) is 5.56 Å². The van der Waals surface area contributed by atoms with Gasteiger partial charge < -0.3 is 5.32 Å². The number of halogens is 2. The van der Waals surface area contributed by atoms with Gasteiger partial charge in [-0.15, -0.1) is 5.92 Å². The summed E-state index contributed by atoms with van der Waals surface area (Å²) in [6, 6.07) is 5.78. The smallest absolute Gasteiger partial charge is 0.0640 e. The molecule has 98 valence electrons. The van der Waals surface area contributed by atoms with E-state index in [1.54, 1.807) is 6.07 Å². The van der Waals surface area contributed by atoms with Crippen LogP contribution >= 0.6 is 23.2 Å². The predicted octanol–water partition coefficient (Wildman–Crippen LogP) is 4.69. The summed E-state index contributed by atoms with van der Waals surface area (Å²) in [7, 11) is 1.90. The van der Waals surface area contributed by atoms with Gasteiger partial charge in [0.25, 0.3) is 0 Å². The van der Waals surface area contributed by atoms with E-state index < -0.39 is 0 Å². The Morgan fingerprint density at radius 3 is 2.50 bits per heavy atom. The minimum absolute atomic E-state index is 0.0242. The van der Waals surface area contributed by atoms with Crippen molar-refractivity contribution in [2.75, 3.05) is 7.05 Å². The second-order valence-corrected chi connectivity index (χ2v) is 6.03. The number of rotatable bonds is 3. The summed E-state index contributed by atoms with van der Waals surface area (Å²) in [4.78, 5) is 0. The van der Waals surface area contributed by atoms with Crippen LogP contribution in [0.4, 0.5) is 0 Å². The lowest BCUT2D eigenvalue weighted by atomic mass is 9.96. The molecule has 0 aliphatic carbocycles. The van der Waals surface area contributed by atoms with Gasteiger partial charge in [-0.3, -0.25) is 0 Å². The molecule has 1 atom stereocenters. The van der Waals surface area contributed by atoms with Crippen LogP contribution in [0.2, 0.25) is 10.0 Å². The first kappa shape index (κ1) is 15.4. The third kappa shape index (κ3) is 4.53. The molecule has 0 fully saturated rings. The van der Waals surface area contributed by atoms with Gasteiger partial charge in [-0.1, -0.05) is 41.3 Å². The first-order valence-corrected chi connectivity index (χ1v) is 6.72. The lowest BCUT2D eigenvalue weighted by Crippen LogP contribution is -2.16. The maximum atomic E-state index is 6.22. The molecule has 1 aromatic carbocycles. The van der Waals surface area contributed by atoms with Crippen LogP contribution in [0.5, 0.6) is 0 Å². The minimum Gasteiger partial charge on any atom is -0.312 e. The van der Waals surface area contributed by atoms with Crippen molar-refractivity contribution in [1.82, 2.24) is 5.32 Å². The molecule has 0 saturated heterocycles. The van der Waals surface area contributed by atoms with Crippen molar-refractivity contribution >= 4 is 23.2 Å². The van der Waals surface area contributed by atoms with E-state index in [9.17, 15) is 0 Å². The van der Waals surface area contributed by atoms with E-state index in [0.29, 0.717) is 16.5 Å². The van der Waals surface area contributed by atoms with Gasteiger partial charge in [0, 0.05) is 17.9 Å². The Hall–Kier alpha value is -0.680. The molecule has 0 heterocycles. The number of hydrogen-bond donors (Lipinski definition) is 1. The van der Waals surface area contributed by atoms with Crippen LogP contribution in [0.25, 0.3) is 0 Å². The van der Waals surface area contributed by atoms with Crippen molar-refractivity contribution in [1.29, 1.82) is 0 Å². The zero-order chi connectivity index (χ0) is 13.8. The second-order valence-electron chi connectivity index (χ2n) is 5.24. The molecular weight excluding hydrogens is 265 g/mol. The van der Waals surface area contributed by atoms with Crippen molar-refractivity contribution < 1.29 is 0 Å². The molecule has 0 amide bonds. The van der Waals surface area contributed by atoms with Gasteiger partial charge in [-0.05, 0) is 39.4 Å². The summed E-state index contributed by atoms with van der Waals surface area (Å²) in [6.07, 6.45) is 0.716. The molecular formula is C15H19Cl2N. The summed E-state index contributed by atoms with van der Waals surface area (Å²) in [5.74, 6) is 6.43. The van der Waals surface area contributed by atoms with Gasteiger partial charge in [-0.25, -0.2) is 0 Å². The lowest BCUT2D eigenvalue weighted by Gasteiger charge is -2.16. The number of nitrogens with one attached hydrogen (secondary N) is 1. The Labute approximate surface area is 120 Å². The normalized spacial score (nSPS) is 12.8. The van der Waals surface area contributed by atoms with Crippen molar-refractivity contribution in [2.45, 2.75) is 33.2 Å². The largest absolute Gasteiger partial charge is 0.312 e. The fourth-order valence-electron chi connectivity index (χ4n) is 1.58. The Bertz CT molecular complexity index is 464. The molecule has 1 N–H and O–H groups in total. The van der Waals surface area contributed by atoms with E-state index in [1.807, 2.05) is 19.2 Å². The fourth-order valence-corrected chi connectivity index (χ4v) is 2.01. The highest BCUT2D eigenvalue weighted by molar-refractivity contribution is 6.42. The number of benzene rings is 1. The van der Waals surface area contributed by atoms with Gasteiger partial charge in [0.05, 0.1) is 10.0 Å². The Balaban J connectivity index is 2.90. The molecule has 1 rings (SSSR count). The predicted molar refractivity (Wildman–Crippen MR) is 80.1 cm³/mol. The zero-order valence-corrected chi connectivity index (χ0v) is 12.8. The average molecular weight is 284 g/mol. The van der Waals surface area contributed by atoms with Crippen molar-refractivity contribution in [3.05, 3.63) is 33.8 Å². The van der Waals surface area contributed by atoms with E-state index in [2.05, 4.69) is 37.9 Å². The standard InChI is InChI=1S/C15H19Cl2N/c1-15(2,3)10-6-9-13(18-4)11-7-5-8-12(16)14(11)17/h5,7-8,13,18H,9H2,1-4H3. The lowest BCUT2D eigenvalue weighted by molar-refractivity contribution is 0.566. The van der Waals surface area contributed by atoms with Gasteiger partial charge in [0.2, 0.25) is 0 Å². The van der Waals surface area contributed by atoms with Crippen LogP contribution in [-0.4, -0.2) is 7.05 Å². The maximum Gasteiger partial charge on any atom is 0.0640 e. The van der Waals surface area contributed by atoms with Gasteiger partial charge in [0.1, 0.15) is 0 Å². The first-order chi connectivity index (χ1) is 8.35. The molecule has 1 nitrogen and oxygen atoms in total. The third-order valence-electron chi connectivity index (χ3n) is 2.47. The van der Waals surface area contributed by atoms with Crippen molar-refractivity contribution in [2.24, 2.45) is 5.41 Å². The second kappa shape index (κ2) is 6.48. The highest BCUT2D eigenvalue weighted by Gasteiger charge is 2.13. The summed E-state index contributed by atoms with van der Waals surface area (Å²) in [6.45, 7) is 6.29. The zero-order valence-electron chi connectivity index (χ0n) is 11.3. The molecule has 0 bridgehead atoms. The van der Waals surface area contributed by atoms with Crippen molar-refractivity contribution in [3.63, 3.8) is 0 Å². The summed E-state index contributed by atoms with van der Waals surface area (Å²) < 4.78 is 0.